The van der Waals surface area contributed by atoms with Crippen molar-refractivity contribution in [3.8, 4) is 0 Å². The lowest BCUT2D eigenvalue weighted by atomic mass is 10.0. The molecule has 4 nitrogen and oxygen atoms in total. The molecule has 1 aliphatic rings. The quantitative estimate of drug-likeness (QED) is 0.871. The minimum atomic E-state index is -0.823. The van der Waals surface area contributed by atoms with E-state index in [2.05, 4.69) is 10.2 Å². The molecule has 0 aromatic heterocycles. The number of piperidine rings is 1. The minimum Gasteiger partial charge on any atom is -0.352 e. The number of carbonyl (C=O) groups is 1. The van der Waals surface area contributed by atoms with E-state index in [1.165, 1.54) is 6.07 Å². The maximum absolute atomic E-state index is 13.2. The summed E-state index contributed by atoms with van der Waals surface area (Å²) in [7, 11) is 0. The van der Waals surface area contributed by atoms with Crippen LogP contribution >= 0.6 is 0 Å². The van der Waals surface area contributed by atoms with Crippen LogP contribution < -0.4 is 11.1 Å². The van der Waals surface area contributed by atoms with Crippen molar-refractivity contribution < 1.29 is 13.6 Å². The van der Waals surface area contributed by atoms with Gasteiger partial charge in [0, 0.05) is 25.7 Å². The number of nitrogens with two attached hydrogens (primary N) is 1. The number of benzene rings is 1. The van der Waals surface area contributed by atoms with Crippen molar-refractivity contribution in [2.75, 3.05) is 13.1 Å². The Bertz CT molecular complexity index is 543. The fourth-order valence-electron chi connectivity index (χ4n) is 2.73. The van der Waals surface area contributed by atoms with E-state index in [-0.39, 0.29) is 17.9 Å². The topological polar surface area (TPSA) is 58.4 Å². The fraction of sp³-hybridized carbons (Fsp3) is 0.588. The molecule has 1 atom stereocenters. The lowest BCUT2D eigenvalue weighted by Crippen LogP contribution is -2.51. The zero-order chi connectivity index (χ0) is 17.0. The Morgan fingerprint density at radius 3 is 2.52 bits per heavy atom. The summed E-state index contributed by atoms with van der Waals surface area (Å²) in [5.74, 6) is -1.62. The van der Waals surface area contributed by atoms with Crippen LogP contribution in [0.15, 0.2) is 18.2 Å². The third-order valence-corrected chi connectivity index (χ3v) is 4.35. The summed E-state index contributed by atoms with van der Waals surface area (Å²) >= 11 is 0. The van der Waals surface area contributed by atoms with E-state index in [0.717, 1.165) is 37.6 Å². The highest BCUT2D eigenvalue weighted by molar-refractivity contribution is 5.82. The summed E-state index contributed by atoms with van der Waals surface area (Å²) in [6, 6.07) is 3.66. The number of rotatable bonds is 5. The van der Waals surface area contributed by atoms with Gasteiger partial charge in [0.25, 0.3) is 0 Å². The van der Waals surface area contributed by atoms with Crippen molar-refractivity contribution in [1.29, 1.82) is 0 Å². The molecule has 0 bridgehead atoms. The molecule has 0 aliphatic carbocycles. The first kappa shape index (κ1) is 17.8. The molecular weight excluding hydrogens is 300 g/mol. The third-order valence-electron chi connectivity index (χ3n) is 4.35. The average Bonchev–Trinajstić information content (AvgIpc) is 2.52. The Balaban J connectivity index is 1.79. The molecule has 1 aromatic carbocycles. The van der Waals surface area contributed by atoms with E-state index in [1.807, 2.05) is 13.8 Å². The highest BCUT2D eigenvalue weighted by Crippen LogP contribution is 2.16. The zero-order valence-electron chi connectivity index (χ0n) is 13.7. The highest BCUT2D eigenvalue weighted by atomic mass is 19.2. The van der Waals surface area contributed by atoms with Crippen molar-refractivity contribution in [3.63, 3.8) is 0 Å². The molecule has 0 radical (unpaired) electrons. The summed E-state index contributed by atoms with van der Waals surface area (Å²) < 4.78 is 26.2. The summed E-state index contributed by atoms with van der Waals surface area (Å²) in [6.45, 7) is 6.05. The smallest absolute Gasteiger partial charge is 0.237 e. The van der Waals surface area contributed by atoms with E-state index in [4.69, 9.17) is 5.73 Å². The second kappa shape index (κ2) is 7.84. The van der Waals surface area contributed by atoms with Crippen LogP contribution in [0.2, 0.25) is 0 Å². The van der Waals surface area contributed by atoms with Crippen molar-refractivity contribution in [1.82, 2.24) is 10.2 Å². The predicted molar refractivity (Wildman–Crippen MR) is 85.6 cm³/mol. The number of carbonyl (C=O) groups excluding carboxylic acids is 1. The van der Waals surface area contributed by atoms with Gasteiger partial charge in [-0.2, -0.15) is 0 Å². The van der Waals surface area contributed by atoms with Crippen LogP contribution in [0.25, 0.3) is 0 Å². The first-order valence-electron chi connectivity index (χ1n) is 8.09. The van der Waals surface area contributed by atoms with Gasteiger partial charge in [0.2, 0.25) is 5.91 Å². The number of nitrogens with zero attached hydrogens (tertiary/aromatic N) is 1. The van der Waals surface area contributed by atoms with Crippen molar-refractivity contribution in [2.45, 2.75) is 45.3 Å². The molecule has 6 heteroatoms. The standard InChI is InChI=1S/C17H25F2N3O/c1-11(2)16(20)17(23)21-13-5-7-22(8-6-13)10-12-3-4-14(18)15(19)9-12/h3-4,9,11,13,16H,5-8,10,20H2,1-2H3,(H,21,23)/t16-/m0/s1. The van der Waals surface area contributed by atoms with Crippen LogP contribution in [-0.4, -0.2) is 36.0 Å². The monoisotopic (exact) mass is 325 g/mol. The van der Waals surface area contributed by atoms with Gasteiger partial charge >= 0.3 is 0 Å². The van der Waals surface area contributed by atoms with Crippen molar-refractivity contribution in [2.24, 2.45) is 11.7 Å². The maximum atomic E-state index is 13.2. The summed E-state index contributed by atoms with van der Waals surface area (Å²) in [5, 5.41) is 3.00. The number of hydrogen-bond acceptors (Lipinski definition) is 3. The van der Waals surface area contributed by atoms with Gasteiger partial charge in [0.1, 0.15) is 0 Å². The van der Waals surface area contributed by atoms with E-state index < -0.39 is 17.7 Å². The molecule has 0 saturated carbocycles. The van der Waals surface area contributed by atoms with Gasteiger partial charge in [0.15, 0.2) is 11.6 Å². The van der Waals surface area contributed by atoms with Crippen LogP contribution in [0.1, 0.15) is 32.3 Å². The maximum Gasteiger partial charge on any atom is 0.237 e. The van der Waals surface area contributed by atoms with Crippen LogP contribution in [0, 0.1) is 17.6 Å². The Morgan fingerprint density at radius 2 is 1.96 bits per heavy atom. The van der Waals surface area contributed by atoms with Gasteiger partial charge in [-0.3, -0.25) is 9.69 Å². The fourth-order valence-corrected chi connectivity index (χ4v) is 2.73. The molecule has 1 aromatic rings. The highest BCUT2D eigenvalue weighted by Gasteiger charge is 2.24. The number of likely N-dealkylation sites (tertiary alicyclic amines) is 1. The number of halogens is 2. The van der Waals surface area contributed by atoms with E-state index in [9.17, 15) is 13.6 Å². The second-order valence-electron chi connectivity index (χ2n) is 6.58. The average molecular weight is 325 g/mol. The lowest BCUT2D eigenvalue weighted by molar-refractivity contribution is -0.124. The largest absolute Gasteiger partial charge is 0.352 e. The molecule has 1 saturated heterocycles. The van der Waals surface area contributed by atoms with Gasteiger partial charge in [0.05, 0.1) is 6.04 Å². The Kier molecular flexibility index (Phi) is 6.07. The molecule has 1 amide bonds. The van der Waals surface area contributed by atoms with Crippen molar-refractivity contribution in [3.05, 3.63) is 35.4 Å². The molecule has 128 valence electrons. The van der Waals surface area contributed by atoms with Gasteiger partial charge < -0.3 is 11.1 Å². The van der Waals surface area contributed by atoms with Crippen LogP contribution in [-0.2, 0) is 11.3 Å². The molecular formula is C17H25F2N3O. The van der Waals surface area contributed by atoms with Gasteiger partial charge in [-0.15, -0.1) is 0 Å². The minimum absolute atomic E-state index is 0.0981. The first-order chi connectivity index (χ1) is 10.9. The van der Waals surface area contributed by atoms with E-state index >= 15 is 0 Å². The van der Waals surface area contributed by atoms with E-state index in [1.54, 1.807) is 6.07 Å². The number of nitrogens with one attached hydrogen (secondary N) is 1. The first-order valence-corrected chi connectivity index (χ1v) is 8.09. The predicted octanol–water partition coefficient (Wildman–Crippen LogP) is 2.03. The van der Waals surface area contributed by atoms with Crippen LogP contribution in [0.4, 0.5) is 8.78 Å². The van der Waals surface area contributed by atoms with Gasteiger partial charge in [-0.05, 0) is 36.5 Å². The summed E-state index contributed by atoms with van der Waals surface area (Å²) in [6.07, 6.45) is 1.67. The molecule has 0 spiro atoms. The molecule has 1 fully saturated rings. The SMILES string of the molecule is CC(C)[C@H](N)C(=O)NC1CCN(Cc2ccc(F)c(F)c2)CC1. The van der Waals surface area contributed by atoms with Crippen molar-refractivity contribution >= 4 is 5.91 Å². The second-order valence-corrected chi connectivity index (χ2v) is 6.58. The molecule has 2 rings (SSSR count). The van der Waals surface area contributed by atoms with E-state index in [0.29, 0.717) is 6.54 Å². The Labute approximate surface area is 136 Å². The van der Waals surface area contributed by atoms with Crippen LogP contribution in [0.5, 0.6) is 0 Å². The Hall–Kier alpha value is -1.53. The molecule has 1 heterocycles. The molecule has 3 N–H and O–H groups in total. The Morgan fingerprint density at radius 1 is 1.30 bits per heavy atom. The zero-order valence-corrected chi connectivity index (χ0v) is 13.7. The molecule has 1 aliphatic heterocycles. The lowest BCUT2D eigenvalue weighted by Gasteiger charge is -2.33. The van der Waals surface area contributed by atoms with Gasteiger partial charge in [-0.25, -0.2) is 8.78 Å². The van der Waals surface area contributed by atoms with Gasteiger partial charge in [-0.1, -0.05) is 19.9 Å². The summed E-state index contributed by atoms with van der Waals surface area (Å²) in [4.78, 5) is 14.1. The summed E-state index contributed by atoms with van der Waals surface area (Å²) in [5.41, 5.74) is 6.60. The van der Waals surface area contributed by atoms with Crippen LogP contribution in [0.3, 0.4) is 0 Å². The normalized spacial score (nSPS) is 18.2. The third kappa shape index (κ3) is 4.97. The molecule has 0 unspecified atom stereocenters. The number of amides is 1. The number of hydrogen-bond donors (Lipinski definition) is 2. The molecule has 23 heavy (non-hydrogen) atoms.